The summed E-state index contributed by atoms with van der Waals surface area (Å²) in [6.45, 7) is 4.40. The molecule has 0 spiro atoms. The number of carbonyl (C=O) groups is 1. The second-order valence-electron chi connectivity index (χ2n) is 5.20. The lowest BCUT2D eigenvalue weighted by molar-refractivity contribution is -0.138. The highest BCUT2D eigenvalue weighted by Crippen LogP contribution is 2.47. The quantitative estimate of drug-likeness (QED) is 0.828. The minimum atomic E-state index is -0.704. The molecule has 0 aliphatic heterocycles. The minimum Gasteiger partial charge on any atom is -0.504 e. The third-order valence-electron chi connectivity index (χ3n) is 3.76. The van der Waals surface area contributed by atoms with Crippen LogP contribution in [0, 0.1) is 11.8 Å². The molecule has 3 atom stereocenters. The van der Waals surface area contributed by atoms with Gasteiger partial charge in [-0.1, -0.05) is 19.1 Å². The summed E-state index contributed by atoms with van der Waals surface area (Å²) in [5.74, 6) is 0.156. The second-order valence-corrected chi connectivity index (χ2v) is 5.20. The average molecular weight is 264 g/mol. The van der Waals surface area contributed by atoms with E-state index in [2.05, 4.69) is 0 Å². The van der Waals surface area contributed by atoms with Gasteiger partial charge in [-0.2, -0.15) is 0 Å². The van der Waals surface area contributed by atoms with E-state index in [0.717, 1.165) is 18.4 Å². The molecule has 1 aromatic rings. The van der Waals surface area contributed by atoms with Crippen molar-refractivity contribution in [3.05, 3.63) is 23.8 Å². The summed E-state index contributed by atoms with van der Waals surface area (Å²) in [7, 11) is 0. The second kappa shape index (κ2) is 5.51. The van der Waals surface area contributed by atoms with Crippen molar-refractivity contribution in [1.82, 2.24) is 0 Å². The number of carboxylic acid groups (broad SMARTS) is 1. The fourth-order valence-electron chi connectivity index (χ4n) is 2.60. The molecule has 1 aliphatic rings. The summed E-state index contributed by atoms with van der Waals surface area (Å²) in [6, 6.07) is 5.48. The Hall–Kier alpha value is -1.71. The van der Waals surface area contributed by atoms with Crippen molar-refractivity contribution in [2.24, 2.45) is 11.8 Å². The Bertz CT molecular complexity index is 469. The molecular formula is C15H20O4. The molecule has 104 valence electrons. The van der Waals surface area contributed by atoms with Gasteiger partial charge in [-0.15, -0.1) is 0 Å². The SMILES string of the molecule is CCOc1cccc(C(C)CC2CC2C(=O)O)c1O. The van der Waals surface area contributed by atoms with Gasteiger partial charge in [-0.25, -0.2) is 0 Å². The number of rotatable bonds is 6. The maximum atomic E-state index is 10.8. The fraction of sp³-hybridized carbons (Fsp3) is 0.533. The van der Waals surface area contributed by atoms with Gasteiger partial charge in [0, 0.05) is 5.56 Å². The first kappa shape index (κ1) is 13.7. The first-order valence-electron chi connectivity index (χ1n) is 6.72. The van der Waals surface area contributed by atoms with Crippen molar-refractivity contribution in [3.8, 4) is 11.5 Å². The third-order valence-corrected chi connectivity index (χ3v) is 3.76. The molecule has 2 rings (SSSR count). The normalized spacial score (nSPS) is 22.8. The largest absolute Gasteiger partial charge is 0.504 e. The third kappa shape index (κ3) is 3.00. The Balaban J connectivity index is 2.05. The van der Waals surface area contributed by atoms with Crippen LogP contribution in [0.3, 0.4) is 0 Å². The monoisotopic (exact) mass is 264 g/mol. The molecular weight excluding hydrogens is 244 g/mol. The highest BCUT2D eigenvalue weighted by atomic mass is 16.5. The van der Waals surface area contributed by atoms with Crippen molar-refractivity contribution < 1.29 is 19.7 Å². The summed E-state index contributed by atoms with van der Waals surface area (Å²) in [4.78, 5) is 10.8. The van der Waals surface area contributed by atoms with E-state index in [1.165, 1.54) is 0 Å². The Morgan fingerprint density at radius 2 is 2.26 bits per heavy atom. The van der Waals surface area contributed by atoms with Crippen LogP contribution in [-0.2, 0) is 4.79 Å². The van der Waals surface area contributed by atoms with Crippen LogP contribution in [-0.4, -0.2) is 22.8 Å². The predicted molar refractivity (Wildman–Crippen MR) is 71.5 cm³/mol. The lowest BCUT2D eigenvalue weighted by atomic mass is 9.93. The number of phenols is 1. The summed E-state index contributed by atoms with van der Waals surface area (Å²) in [5.41, 5.74) is 0.835. The maximum Gasteiger partial charge on any atom is 0.306 e. The van der Waals surface area contributed by atoms with Crippen molar-refractivity contribution in [2.45, 2.75) is 32.6 Å². The van der Waals surface area contributed by atoms with E-state index in [0.29, 0.717) is 12.4 Å². The zero-order chi connectivity index (χ0) is 14.0. The smallest absolute Gasteiger partial charge is 0.306 e. The lowest BCUT2D eigenvalue weighted by Gasteiger charge is -2.15. The zero-order valence-corrected chi connectivity index (χ0v) is 11.3. The van der Waals surface area contributed by atoms with Gasteiger partial charge < -0.3 is 14.9 Å². The first-order valence-corrected chi connectivity index (χ1v) is 6.72. The molecule has 0 radical (unpaired) electrons. The number of phenolic OH excluding ortho intramolecular Hbond substituents is 1. The van der Waals surface area contributed by atoms with Crippen molar-refractivity contribution in [3.63, 3.8) is 0 Å². The molecule has 1 aromatic carbocycles. The molecule has 3 unspecified atom stereocenters. The number of hydrogen-bond donors (Lipinski definition) is 2. The summed E-state index contributed by atoms with van der Waals surface area (Å²) >= 11 is 0. The van der Waals surface area contributed by atoms with E-state index in [4.69, 9.17) is 9.84 Å². The van der Waals surface area contributed by atoms with Gasteiger partial charge in [0.2, 0.25) is 0 Å². The highest BCUT2D eigenvalue weighted by molar-refractivity contribution is 5.73. The van der Waals surface area contributed by atoms with E-state index in [-0.39, 0.29) is 23.5 Å². The van der Waals surface area contributed by atoms with Crippen LogP contribution in [0.25, 0.3) is 0 Å². The van der Waals surface area contributed by atoms with Crippen LogP contribution in [0.15, 0.2) is 18.2 Å². The van der Waals surface area contributed by atoms with Crippen molar-refractivity contribution >= 4 is 5.97 Å². The molecule has 0 saturated heterocycles. The number of aliphatic carboxylic acids is 1. The summed E-state index contributed by atoms with van der Waals surface area (Å²) < 4.78 is 5.36. The van der Waals surface area contributed by atoms with Crippen molar-refractivity contribution in [1.29, 1.82) is 0 Å². The molecule has 0 bridgehead atoms. The zero-order valence-electron chi connectivity index (χ0n) is 11.3. The maximum absolute atomic E-state index is 10.8. The van der Waals surface area contributed by atoms with Gasteiger partial charge in [0.1, 0.15) is 0 Å². The van der Waals surface area contributed by atoms with E-state index >= 15 is 0 Å². The van der Waals surface area contributed by atoms with E-state index in [1.54, 1.807) is 6.07 Å². The Kier molecular flexibility index (Phi) is 3.98. The van der Waals surface area contributed by atoms with Crippen LogP contribution in [0.5, 0.6) is 11.5 Å². The lowest BCUT2D eigenvalue weighted by Crippen LogP contribution is -2.03. The van der Waals surface area contributed by atoms with Gasteiger partial charge in [0.05, 0.1) is 12.5 Å². The Labute approximate surface area is 113 Å². The fourth-order valence-corrected chi connectivity index (χ4v) is 2.60. The van der Waals surface area contributed by atoms with Gasteiger partial charge in [0.15, 0.2) is 11.5 Å². The van der Waals surface area contributed by atoms with Crippen molar-refractivity contribution in [2.75, 3.05) is 6.61 Å². The number of aromatic hydroxyl groups is 1. The number of hydrogen-bond acceptors (Lipinski definition) is 3. The molecule has 1 aliphatic carbocycles. The summed E-state index contributed by atoms with van der Waals surface area (Å²) in [6.07, 6.45) is 1.55. The minimum absolute atomic E-state index is 0.134. The van der Waals surface area contributed by atoms with Gasteiger partial charge in [-0.05, 0) is 37.7 Å². The Morgan fingerprint density at radius 1 is 1.53 bits per heavy atom. The molecule has 0 amide bonds. The average Bonchev–Trinajstić information content (AvgIpc) is 3.11. The molecule has 4 nitrogen and oxygen atoms in total. The summed E-state index contributed by atoms with van der Waals surface area (Å²) in [5, 5.41) is 19.1. The standard InChI is InChI=1S/C15H20O4/c1-3-19-13-6-4-5-11(14(13)16)9(2)7-10-8-12(10)15(17)18/h4-6,9-10,12,16H,3,7-8H2,1-2H3,(H,17,18). The molecule has 0 aromatic heterocycles. The van der Waals surface area contributed by atoms with Gasteiger partial charge >= 0.3 is 5.97 Å². The van der Waals surface area contributed by atoms with Crippen LogP contribution in [0.1, 0.15) is 38.2 Å². The first-order chi connectivity index (χ1) is 9.04. The van der Waals surface area contributed by atoms with Gasteiger partial charge in [-0.3, -0.25) is 4.79 Å². The van der Waals surface area contributed by atoms with Crippen LogP contribution >= 0.6 is 0 Å². The van der Waals surface area contributed by atoms with Crippen LogP contribution in [0.4, 0.5) is 0 Å². The Morgan fingerprint density at radius 3 is 2.84 bits per heavy atom. The number of benzene rings is 1. The molecule has 1 fully saturated rings. The number of para-hydroxylation sites is 1. The van der Waals surface area contributed by atoms with Crippen LogP contribution < -0.4 is 4.74 Å². The highest BCUT2D eigenvalue weighted by Gasteiger charge is 2.43. The predicted octanol–water partition coefficient (Wildman–Crippen LogP) is 3.01. The molecule has 2 N–H and O–H groups in total. The molecule has 4 heteroatoms. The van der Waals surface area contributed by atoms with E-state index < -0.39 is 5.97 Å². The van der Waals surface area contributed by atoms with E-state index in [1.807, 2.05) is 26.0 Å². The number of ether oxygens (including phenoxy) is 1. The van der Waals surface area contributed by atoms with Gasteiger partial charge in [0.25, 0.3) is 0 Å². The topological polar surface area (TPSA) is 66.8 Å². The van der Waals surface area contributed by atoms with E-state index in [9.17, 15) is 9.90 Å². The van der Waals surface area contributed by atoms with Crippen LogP contribution in [0.2, 0.25) is 0 Å². The molecule has 19 heavy (non-hydrogen) atoms. The molecule has 1 saturated carbocycles. The number of carboxylic acids is 1. The molecule has 0 heterocycles.